The van der Waals surface area contributed by atoms with E-state index in [1.807, 2.05) is 32.5 Å². The molecule has 0 aliphatic heterocycles. The van der Waals surface area contributed by atoms with Crippen LogP contribution in [-0.4, -0.2) is 48.5 Å². The number of hydrogen-bond acceptors (Lipinski definition) is 4. The molecule has 0 radical (unpaired) electrons. The molecule has 2 N–H and O–H groups in total. The van der Waals surface area contributed by atoms with Gasteiger partial charge in [0.2, 0.25) is 0 Å². The lowest BCUT2D eigenvalue weighted by Crippen LogP contribution is -2.35. The molecule has 0 amide bonds. The fourth-order valence-electron chi connectivity index (χ4n) is 1.24. The molecular weight excluding hydrogens is 222 g/mol. The number of ether oxygens (including phenoxy) is 1. The fraction of sp³-hybridized carbons (Fsp3) is 1.00. The van der Waals surface area contributed by atoms with Gasteiger partial charge < -0.3 is 15.2 Å². The SMILES string of the molecule is CSCC(C)CNCC(O)COC(C)(C)C. The number of aliphatic hydroxyl groups excluding tert-OH is 1. The summed E-state index contributed by atoms with van der Waals surface area (Å²) in [6.07, 6.45) is 1.70. The molecule has 2 unspecified atom stereocenters. The summed E-state index contributed by atoms with van der Waals surface area (Å²) in [5.41, 5.74) is -0.173. The molecule has 0 spiro atoms. The Morgan fingerprint density at radius 3 is 2.44 bits per heavy atom. The standard InChI is InChI=1S/C12H27NO2S/c1-10(9-16-5)6-13-7-11(14)8-15-12(2,3)4/h10-11,13-14H,6-9H2,1-5H3. The molecule has 16 heavy (non-hydrogen) atoms. The van der Waals surface area contributed by atoms with Crippen LogP contribution in [0, 0.1) is 5.92 Å². The van der Waals surface area contributed by atoms with Gasteiger partial charge in [0.1, 0.15) is 0 Å². The number of nitrogens with one attached hydrogen (secondary N) is 1. The maximum absolute atomic E-state index is 9.66. The summed E-state index contributed by atoms with van der Waals surface area (Å²) in [6, 6.07) is 0. The number of thioether (sulfide) groups is 1. The number of hydrogen-bond donors (Lipinski definition) is 2. The predicted octanol–water partition coefficient (Wildman–Crippen LogP) is 1.75. The highest BCUT2D eigenvalue weighted by Gasteiger charge is 2.13. The highest BCUT2D eigenvalue weighted by molar-refractivity contribution is 7.98. The van der Waals surface area contributed by atoms with E-state index in [0.717, 1.165) is 12.3 Å². The Labute approximate surface area is 104 Å². The predicted molar refractivity (Wildman–Crippen MR) is 72.1 cm³/mol. The monoisotopic (exact) mass is 249 g/mol. The van der Waals surface area contributed by atoms with Crippen molar-refractivity contribution >= 4 is 11.8 Å². The molecule has 2 atom stereocenters. The van der Waals surface area contributed by atoms with E-state index in [1.165, 1.54) is 0 Å². The molecule has 98 valence electrons. The van der Waals surface area contributed by atoms with E-state index in [0.29, 0.717) is 19.1 Å². The summed E-state index contributed by atoms with van der Waals surface area (Å²) in [5.74, 6) is 1.80. The van der Waals surface area contributed by atoms with Crippen LogP contribution in [0.5, 0.6) is 0 Å². The largest absolute Gasteiger partial charge is 0.389 e. The molecule has 0 aromatic rings. The van der Waals surface area contributed by atoms with Gasteiger partial charge >= 0.3 is 0 Å². The lowest BCUT2D eigenvalue weighted by Gasteiger charge is -2.22. The molecule has 0 aliphatic rings. The van der Waals surface area contributed by atoms with Crippen LogP contribution in [0.1, 0.15) is 27.7 Å². The van der Waals surface area contributed by atoms with Crippen molar-refractivity contribution in [2.45, 2.75) is 39.4 Å². The summed E-state index contributed by atoms with van der Waals surface area (Å²) in [4.78, 5) is 0. The van der Waals surface area contributed by atoms with Gasteiger partial charge in [0, 0.05) is 6.54 Å². The van der Waals surface area contributed by atoms with Crippen molar-refractivity contribution in [3.63, 3.8) is 0 Å². The highest BCUT2D eigenvalue weighted by atomic mass is 32.2. The molecule has 0 fully saturated rings. The van der Waals surface area contributed by atoms with E-state index in [2.05, 4.69) is 18.5 Å². The molecule has 4 heteroatoms. The van der Waals surface area contributed by atoms with Crippen LogP contribution in [0.25, 0.3) is 0 Å². The van der Waals surface area contributed by atoms with Crippen LogP contribution in [0.4, 0.5) is 0 Å². The van der Waals surface area contributed by atoms with Crippen LogP contribution in [0.2, 0.25) is 0 Å². The molecule has 0 bridgehead atoms. The van der Waals surface area contributed by atoms with Gasteiger partial charge in [0.15, 0.2) is 0 Å². The molecular formula is C12H27NO2S. The summed E-state index contributed by atoms with van der Waals surface area (Å²) < 4.78 is 5.50. The van der Waals surface area contributed by atoms with Crippen molar-refractivity contribution in [2.24, 2.45) is 5.92 Å². The molecule has 0 aromatic heterocycles. The Morgan fingerprint density at radius 2 is 1.94 bits per heavy atom. The van der Waals surface area contributed by atoms with Crippen LogP contribution < -0.4 is 5.32 Å². The fourth-order valence-corrected chi connectivity index (χ4v) is 1.93. The zero-order valence-electron chi connectivity index (χ0n) is 11.2. The average Bonchev–Trinajstić information content (AvgIpc) is 2.14. The zero-order chi connectivity index (χ0) is 12.6. The van der Waals surface area contributed by atoms with Gasteiger partial charge in [-0.05, 0) is 45.2 Å². The van der Waals surface area contributed by atoms with E-state index >= 15 is 0 Å². The van der Waals surface area contributed by atoms with Crippen LogP contribution in [-0.2, 0) is 4.74 Å². The Bertz CT molecular complexity index is 171. The molecule has 0 aromatic carbocycles. The minimum atomic E-state index is -0.416. The molecule has 0 rings (SSSR count). The Kier molecular flexibility index (Phi) is 8.46. The highest BCUT2D eigenvalue weighted by Crippen LogP contribution is 2.07. The average molecular weight is 249 g/mol. The van der Waals surface area contributed by atoms with Crippen LogP contribution in [0.15, 0.2) is 0 Å². The first-order valence-electron chi connectivity index (χ1n) is 5.87. The topological polar surface area (TPSA) is 41.5 Å². The van der Waals surface area contributed by atoms with Crippen molar-refractivity contribution < 1.29 is 9.84 Å². The van der Waals surface area contributed by atoms with E-state index in [1.54, 1.807) is 0 Å². The first-order chi connectivity index (χ1) is 7.35. The maximum Gasteiger partial charge on any atom is 0.0897 e. The molecule has 0 saturated heterocycles. The summed E-state index contributed by atoms with van der Waals surface area (Å²) in [7, 11) is 0. The van der Waals surface area contributed by atoms with Crippen molar-refractivity contribution in [1.82, 2.24) is 5.32 Å². The van der Waals surface area contributed by atoms with Crippen molar-refractivity contribution in [3.05, 3.63) is 0 Å². The van der Waals surface area contributed by atoms with E-state index in [4.69, 9.17) is 4.74 Å². The lowest BCUT2D eigenvalue weighted by atomic mass is 10.2. The first kappa shape index (κ1) is 16.2. The van der Waals surface area contributed by atoms with Gasteiger partial charge in [0.05, 0.1) is 18.3 Å². The third kappa shape index (κ3) is 10.7. The summed E-state index contributed by atoms with van der Waals surface area (Å²) in [5, 5.41) is 12.9. The minimum absolute atomic E-state index is 0.173. The van der Waals surface area contributed by atoms with Gasteiger partial charge in [-0.15, -0.1) is 0 Å². The van der Waals surface area contributed by atoms with Gasteiger partial charge in [-0.1, -0.05) is 6.92 Å². The lowest BCUT2D eigenvalue weighted by molar-refractivity contribution is -0.0479. The summed E-state index contributed by atoms with van der Waals surface area (Å²) >= 11 is 1.85. The third-order valence-corrected chi connectivity index (χ3v) is 2.94. The smallest absolute Gasteiger partial charge is 0.0897 e. The van der Waals surface area contributed by atoms with E-state index in [9.17, 15) is 5.11 Å². The van der Waals surface area contributed by atoms with Gasteiger partial charge in [-0.25, -0.2) is 0 Å². The molecule has 3 nitrogen and oxygen atoms in total. The molecule has 0 aliphatic carbocycles. The number of rotatable bonds is 8. The Hall–Kier alpha value is 0.230. The maximum atomic E-state index is 9.66. The molecule has 0 saturated carbocycles. The van der Waals surface area contributed by atoms with Crippen LogP contribution in [0.3, 0.4) is 0 Å². The van der Waals surface area contributed by atoms with Gasteiger partial charge in [0.25, 0.3) is 0 Å². The molecule has 0 heterocycles. The second-order valence-electron chi connectivity index (χ2n) is 5.30. The second-order valence-corrected chi connectivity index (χ2v) is 6.21. The zero-order valence-corrected chi connectivity index (χ0v) is 12.1. The Morgan fingerprint density at radius 1 is 1.31 bits per heavy atom. The minimum Gasteiger partial charge on any atom is -0.389 e. The number of aliphatic hydroxyl groups is 1. The second kappa shape index (κ2) is 8.34. The van der Waals surface area contributed by atoms with Gasteiger partial charge in [-0.2, -0.15) is 11.8 Å². The van der Waals surface area contributed by atoms with E-state index < -0.39 is 6.10 Å². The summed E-state index contributed by atoms with van der Waals surface area (Å²) in [6.45, 7) is 10.1. The van der Waals surface area contributed by atoms with Crippen molar-refractivity contribution in [2.75, 3.05) is 31.7 Å². The Balaban J connectivity index is 3.47. The van der Waals surface area contributed by atoms with Crippen molar-refractivity contribution in [3.8, 4) is 0 Å². The van der Waals surface area contributed by atoms with E-state index in [-0.39, 0.29) is 5.60 Å². The normalized spacial score (nSPS) is 16.1. The quantitative estimate of drug-likeness (QED) is 0.688. The van der Waals surface area contributed by atoms with Crippen LogP contribution >= 0.6 is 11.8 Å². The first-order valence-corrected chi connectivity index (χ1v) is 7.26. The third-order valence-electron chi connectivity index (χ3n) is 2.03. The van der Waals surface area contributed by atoms with Gasteiger partial charge in [-0.3, -0.25) is 0 Å². The van der Waals surface area contributed by atoms with Crippen molar-refractivity contribution in [1.29, 1.82) is 0 Å².